The van der Waals surface area contributed by atoms with Gasteiger partial charge in [-0.15, -0.1) is 0 Å². The molecular weight excluding hydrogens is 588 g/mol. The van der Waals surface area contributed by atoms with E-state index in [2.05, 4.69) is 20.9 Å². The van der Waals surface area contributed by atoms with Gasteiger partial charge in [0.2, 0.25) is 17.7 Å². The number of carboxylic acids is 1. The van der Waals surface area contributed by atoms with Crippen LogP contribution in [-0.4, -0.2) is 93.4 Å². The van der Waals surface area contributed by atoms with E-state index in [1.807, 2.05) is 0 Å². The Labute approximate surface area is 258 Å². The van der Waals surface area contributed by atoms with E-state index in [0.717, 1.165) is 0 Å². The molecular formula is C29H40N8O8. The molecule has 0 aromatic heterocycles. The molecule has 0 aliphatic carbocycles. The molecule has 1 aliphatic rings. The lowest BCUT2D eigenvalue weighted by molar-refractivity contribution is -0.142. The summed E-state index contributed by atoms with van der Waals surface area (Å²) in [6, 6.07) is 4.03. The average Bonchev–Trinajstić information content (AvgIpc) is 2.98. The standard InChI is InChI=1S/C29H40N8O8/c30-19(2-1-7-34-29(32)33)25(41)35-13-18(38)12-21-27(43)37-22(28(44)45)11-17-9-15(4-6-24(17)40)14-3-5-23(39)16(8-14)10-20(31)26(42)36-21/h3-6,8-9,18-22,38-40H,1-2,7,10-13,30-31H2,(H,35,41)(H,36,42)(H,37,43)(H,44,45)(H4,32,33,34). The molecule has 0 saturated carbocycles. The topological polar surface area (TPSA) is 302 Å². The van der Waals surface area contributed by atoms with Gasteiger partial charge in [-0.3, -0.25) is 19.4 Å². The van der Waals surface area contributed by atoms with E-state index >= 15 is 0 Å². The predicted octanol–water partition coefficient (Wildman–Crippen LogP) is -2.51. The highest BCUT2D eigenvalue weighted by molar-refractivity contribution is 5.92. The summed E-state index contributed by atoms with van der Waals surface area (Å²) in [6.07, 6.45) is -1.56. The second-order valence-corrected chi connectivity index (χ2v) is 10.9. The summed E-state index contributed by atoms with van der Waals surface area (Å²) >= 11 is 0. The first-order valence-electron chi connectivity index (χ1n) is 14.2. The Kier molecular flexibility index (Phi) is 12.1. The number of aliphatic imine (C=N–C) groups is 1. The first kappa shape index (κ1) is 34.6. The Bertz CT molecular complexity index is 1430. The maximum atomic E-state index is 13.3. The van der Waals surface area contributed by atoms with Gasteiger partial charge >= 0.3 is 5.97 Å². The minimum absolute atomic E-state index is 0.0871. The lowest BCUT2D eigenvalue weighted by Gasteiger charge is -2.25. The number of fused-ring (bicyclic) bond motifs is 5. The van der Waals surface area contributed by atoms with Gasteiger partial charge in [0, 0.05) is 32.4 Å². The lowest BCUT2D eigenvalue weighted by Crippen LogP contribution is -2.56. The van der Waals surface area contributed by atoms with Gasteiger partial charge in [0.15, 0.2) is 5.96 Å². The van der Waals surface area contributed by atoms with Crippen molar-refractivity contribution in [3.63, 3.8) is 0 Å². The molecule has 1 heterocycles. The molecule has 0 fully saturated rings. The van der Waals surface area contributed by atoms with E-state index in [1.54, 1.807) is 24.3 Å². The lowest BCUT2D eigenvalue weighted by atomic mass is 9.95. The minimum Gasteiger partial charge on any atom is -0.508 e. The fourth-order valence-corrected chi connectivity index (χ4v) is 4.74. The maximum Gasteiger partial charge on any atom is 0.326 e. The Morgan fingerprint density at radius 2 is 1.58 bits per heavy atom. The number of rotatable bonds is 10. The Hall–Kier alpha value is -4.93. The molecule has 0 saturated heterocycles. The molecule has 15 N–H and O–H groups in total. The SMILES string of the molecule is NC(N)=NCCCC(N)C(=O)NCC(O)CC1NC(=O)C(N)Cc2cc(ccc2O)-c2ccc(O)c(c2)CC(C(=O)O)NC1=O. The predicted molar refractivity (Wildman–Crippen MR) is 164 cm³/mol. The van der Waals surface area contributed by atoms with Crippen molar-refractivity contribution in [2.45, 2.75) is 62.4 Å². The van der Waals surface area contributed by atoms with Crippen LogP contribution in [0.25, 0.3) is 11.1 Å². The monoisotopic (exact) mass is 628 g/mol. The van der Waals surface area contributed by atoms with Gasteiger partial charge < -0.3 is 59.3 Å². The molecule has 16 nitrogen and oxygen atoms in total. The van der Waals surface area contributed by atoms with Gasteiger partial charge in [0.05, 0.1) is 18.2 Å². The van der Waals surface area contributed by atoms with Crippen molar-refractivity contribution >= 4 is 29.7 Å². The fourth-order valence-electron chi connectivity index (χ4n) is 4.74. The molecule has 2 aromatic carbocycles. The second-order valence-electron chi connectivity index (χ2n) is 10.9. The van der Waals surface area contributed by atoms with E-state index in [4.69, 9.17) is 22.9 Å². The molecule has 5 unspecified atom stereocenters. The second kappa shape index (κ2) is 15.7. The number of carbonyl (C=O) groups is 4. The van der Waals surface area contributed by atoms with Crippen molar-refractivity contribution in [3.8, 4) is 22.6 Å². The number of carboxylic acid groups (broad SMARTS) is 1. The molecule has 1 aliphatic heterocycles. The normalized spacial score (nSPS) is 19.9. The van der Waals surface area contributed by atoms with Crippen LogP contribution in [0.4, 0.5) is 0 Å². The highest BCUT2D eigenvalue weighted by Crippen LogP contribution is 2.30. The van der Waals surface area contributed by atoms with Gasteiger partial charge in [-0.1, -0.05) is 12.1 Å². The van der Waals surface area contributed by atoms with E-state index in [-0.39, 0.29) is 55.4 Å². The Morgan fingerprint density at radius 3 is 2.16 bits per heavy atom. The van der Waals surface area contributed by atoms with E-state index in [1.165, 1.54) is 12.1 Å². The van der Waals surface area contributed by atoms with E-state index in [0.29, 0.717) is 23.1 Å². The number of amides is 3. The molecule has 0 spiro atoms. The number of aliphatic carboxylic acids is 1. The number of aliphatic hydroxyl groups is 1. The van der Waals surface area contributed by atoms with Gasteiger partial charge in [-0.05, 0) is 59.4 Å². The first-order chi connectivity index (χ1) is 21.2. The molecule has 244 valence electrons. The summed E-state index contributed by atoms with van der Waals surface area (Å²) in [6.45, 7) is -0.0617. The van der Waals surface area contributed by atoms with E-state index < -0.39 is 60.4 Å². The molecule has 4 bridgehead atoms. The van der Waals surface area contributed by atoms with Gasteiger partial charge in [-0.25, -0.2) is 4.79 Å². The first-order valence-corrected chi connectivity index (χ1v) is 14.2. The Balaban J connectivity index is 1.81. The molecule has 2 aromatic rings. The number of phenolic OH excluding ortho intramolecular Hbond substituents is 2. The van der Waals surface area contributed by atoms with Crippen LogP contribution in [0.2, 0.25) is 0 Å². The number of nitrogens with zero attached hydrogens (tertiary/aromatic N) is 1. The molecule has 45 heavy (non-hydrogen) atoms. The highest BCUT2D eigenvalue weighted by Gasteiger charge is 2.31. The third kappa shape index (κ3) is 10.1. The zero-order valence-corrected chi connectivity index (χ0v) is 24.5. The van der Waals surface area contributed by atoms with Crippen LogP contribution < -0.4 is 38.9 Å². The number of benzene rings is 2. The summed E-state index contributed by atoms with van der Waals surface area (Å²) in [5.74, 6) is -4.14. The van der Waals surface area contributed by atoms with Crippen LogP contribution in [0.1, 0.15) is 30.4 Å². The quantitative estimate of drug-likeness (QED) is 0.0739. The van der Waals surface area contributed by atoms with Crippen molar-refractivity contribution in [2.24, 2.45) is 27.9 Å². The summed E-state index contributed by atoms with van der Waals surface area (Å²) in [4.78, 5) is 54.7. The van der Waals surface area contributed by atoms with Gasteiger partial charge in [-0.2, -0.15) is 0 Å². The molecule has 3 rings (SSSR count). The fraction of sp³-hybridized carbons (Fsp3) is 0.414. The van der Waals surface area contributed by atoms with Crippen LogP contribution >= 0.6 is 0 Å². The van der Waals surface area contributed by atoms with E-state index in [9.17, 15) is 39.6 Å². The van der Waals surface area contributed by atoms with Crippen LogP contribution in [0.15, 0.2) is 41.4 Å². The van der Waals surface area contributed by atoms with Crippen molar-refractivity contribution in [3.05, 3.63) is 47.5 Å². The van der Waals surface area contributed by atoms with Crippen LogP contribution in [-0.2, 0) is 32.0 Å². The number of nitrogens with two attached hydrogens (primary N) is 4. The minimum atomic E-state index is -1.53. The molecule has 0 radical (unpaired) electrons. The number of aromatic hydroxyl groups is 2. The van der Waals surface area contributed by atoms with Crippen LogP contribution in [0.5, 0.6) is 11.5 Å². The number of hydrogen-bond acceptors (Lipinski definition) is 10. The summed E-state index contributed by atoms with van der Waals surface area (Å²) in [5.41, 5.74) is 24.3. The van der Waals surface area contributed by atoms with Crippen molar-refractivity contribution in [2.75, 3.05) is 13.1 Å². The highest BCUT2D eigenvalue weighted by atomic mass is 16.4. The largest absolute Gasteiger partial charge is 0.508 e. The number of guanidine groups is 1. The summed E-state index contributed by atoms with van der Waals surface area (Å²) < 4.78 is 0. The Morgan fingerprint density at radius 1 is 0.978 bits per heavy atom. The van der Waals surface area contributed by atoms with Gasteiger partial charge in [0.1, 0.15) is 23.6 Å². The maximum absolute atomic E-state index is 13.3. The van der Waals surface area contributed by atoms with Crippen molar-refractivity contribution in [1.29, 1.82) is 0 Å². The van der Waals surface area contributed by atoms with Crippen LogP contribution in [0, 0.1) is 0 Å². The average molecular weight is 629 g/mol. The number of hydrogen-bond donors (Lipinski definition) is 11. The number of aliphatic hydroxyl groups excluding tert-OH is 1. The molecule has 16 heteroatoms. The zero-order valence-electron chi connectivity index (χ0n) is 24.5. The smallest absolute Gasteiger partial charge is 0.326 e. The van der Waals surface area contributed by atoms with Gasteiger partial charge in [0.25, 0.3) is 0 Å². The molecule has 5 atom stereocenters. The summed E-state index contributed by atoms with van der Waals surface area (Å²) in [5, 5.41) is 48.7. The third-order valence-corrected chi connectivity index (χ3v) is 7.26. The third-order valence-electron chi connectivity index (χ3n) is 7.26. The van der Waals surface area contributed by atoms with Crippen molar-refractivity contribution in [1.82, 2.24) is 16.0 Å². The van der Waals surface area contributed by atoms with Crippen molar-refractivity contribution < 1.29 is 39.6 Å². The summed E-state index contributed by atoms with van der Waals surface area (Å²) in [7, 11) is 0. The number of phenols is 2. The molecule has 3 amide bonds. The zero-order chi connectivity index (χ0) is 33.3. The number of nitrogens with one attached hydrogen (secondary N) is 3. The number of carbonyl (C=O) groups excluding carboxylic acids is 3. The van der Waals surface area contributed by atoms with Crippen LogP contribution in [0.3, 0.4) is 0 Å².